The maximum atomic E-state index is 12.3. The minimum absolute atomic E-state index is 0.166. The van der Waals surface area contributed by atoms with Gasteiger partial charge in [-0.25, -0.2) is 14.6 Å². The van der Waals surface area contributed by atoms with E-state index in [9.17, 15) is 9.59 Å². The van der Waals surface area contributed by atoms with Gasteiger partial charge < -0.3 is 9.64 Å². The Morgan fingerprint density at radius 2 is 2.00 bits per heavy atom. The molecule has 0 atom stereocenters. The zero-order chi connectivity index (χ0) is 19.6. The highest BCUT2D eigenvalue weighted by Gasteiger charge is 2.23. The first-order valence-electron chi connectivity index (χ1n) is 8.52. The van der Waals surface area contributed by atoms with Crippen LogP contribution in [0.3, 0.4) is 0 Å². The van der Waals surface area contributed by atoms with Crippen molar-refractivity contribution >= 4 is 28.7 Å². The Morgan fingerprint density at radius 1 is 1.26 bits per heavy atom. The van der Waals surface area contributed by atoms with E-state index in [4.69, 9.17) is 4.74 Å². The Hall–Kier alpha value is -3.42. The molecule has 3 rings (SSSR count). The fourth-order valence-corrected chi connectivity index (χ4v) is 2.65. The zero-order valence-corrected chi connectivity index (χ0v) is 15.7. The molecule has 1 N–H and O–H groups in total. The first-order chi connectivity index (χ1) is 12.9. The normalized spacial score (nSPS) is 10.7. The molecule has 0 aliphatic rings. The summed E-state index contributed by atoms with van der Waals surface area (Å²) in [5, 5.41) is 8.01. The molecule has 0 radical (unpaired) electrons. The van der Waals surface area contributed by atoms with Crippen molar-refractivity contribution in [2.75, 3.05) is 26.0 Å². The number of hydrogen-bond donors (Lipinski definition) is 1. The number of fused-ring (bicyclic) bond motifs is 1. The highest BCUT2D eigenvalue weighted by molar-refractivity contribution is 6.00. The van der Waals surface area contributed by atoms with Crippen LogP contribution in [0.2, 0.25) is 0 Å². The van der Waals surface area contributed by atoms with Crippen LogP contribution >= 0.6 is 0 Å². The predicted octanol–water partition coefficient (Wildman–Crippen LogP) is 3.00. The van der Waals surface area contributed by atoms with Crippen molar-refractivity contribution in [2.45, 2.75) is 13.8 Å². The number of anilines is 1. The molecule has 2 aromatic heterocycles. The van der Waals surface area contributed by atoms with Crippen molar-refractivity contribution in [3.05, 3.63) is 47.7 Å². The number of nitrogens with zero attached hydrogens (tertiary/aromatic N) is 4. The van der Waals surface area contributed by atoms with Crippen molar-refractivity contribution in [1.29, 1.82) is 0 Å². The Balaban J connectivity index is 2.14. The zero-order valence-electron chi connectivity index (χ0n) is 15.7. The van der Waals surface area contributed by atoms with Gasteiger partial charge in [-0.05, 0) is 31.5 Å². The molecule has 0 fully saturated rings. The highest BCUT2D eigenvalue weighted by Crippen LogP contribution is 2.24. The average molecular weight is 367 g/mol. The van der Waals surface area contributed by atoms with Gasteiger partial charge in [0.2, 0.25) is 0 Å². The molecule has 27 heavy (non-hydrogen) atoms. The van der Waals surface area contributed by atoms with E-state index in [1.165, 1.54) is 15.8 Å². The van der Waals surface area contributed by atoms with E-state index in [0.717, 1.165) is 16.5 Å². The van der Waals surface area contributed by atoms with Crippen molar-refractivity contribution in [2.24, 2.45) is 0 Å². The van der Waals surface area contributed by atoms with E-state index in [-0.39, 0.29) is 24.0 Å². The summed E-state index contributed by atoms with van der Waals surface area (Å²) < 4.78 is 6.51. The molecule has 8 nitrogen and oxygen atoms in total. The third kappa shape index (κ3) is 3.59. The third-order valence-electron chi connectivity index (χ3n) is 4.02. The van der Waals surface area contributed by atoms with Gasteiger partial charge in [0.1, 0.15) is 5.56 Å². The lowest BCUT2D eigenvalue weighted by Gasteiger charge is -2.15. The number of esters is 1. The molecule has 2 amide bonds. The van der Waals surface area contributed by atoms with E-state index in [0.29, 0.717) is 5.82 Å². The molecule has 0 saturated carbocycles. The average Bonchev–Trinajstić information content (AvgIpc) is 3.05. The van der Waals surface area contributed by atoms with E-state index < -0.39 is 5.97 Å². The number of para-hydroxylation sites is 1. The summed E-state index contributed by atoms with van der Waals surface area (Å²) >= 11 is 0. The van der Waals surface area contributed by atoms with Crippen LogP contribution < -0.4 is 5.32 Å². The number of ether oxygens (including phenoxy) is 1. The van der Waals surface area contributed by atoms with Crippen molar-refractivity contribution in [3.8, 4) is 5.82 Å². The molecule has 8 heteroatoms. The first kappa shape index (κ1) is 18.4. The highest BCUT2D eigenvalue weighted by atomic mass is 16.5. The van der Waals surface area contributed by atoms with Gasteiger partial charge >= 0.3 is 12.0 Å². The number of amides is 2. The van der Waals surface area contributed by atoms with Crippen molar-refractivity contribution in [3.63, 3.8) is 0 Å². The molecule has 0 aliphatic carbocycles. The lowest BCUT2D eigenvalue weighted by atomic mass is 10.1. The minimum atomic E-state index is -0.560. The van der Waals surface area contributed by atoms with Gasteiger partial charge in [-0.15, -0.1) is 0 Å². The van der Waals surface area contributed by atoms with Crippen LogP contribution in [0.25, 0.3) is 16.7 Å². The van der Waals surface area contributed by atoms with Crippen molar-refractivity contribution in [1.82, 2.24) is 19.7 Å². The second-order valence-corrected chi connectivity index (χ2v) is 6.18. The number of carbonyl (C=O) groups excluding carboxylic acids is 2. The Morgan fingerprint density at radius 3 is 2.70 bits per heavy atom. The number of pyridine rings is 1. The fourth-order valence-electron chi connectivity index (χ4n) is 2.65. The Kier molecular flexibility index (Phi) is 5.07. The maximum Gasteiger partial charge on any atom is 0.343 e. The van der Waals surface area contributed by atoms with Gasteiger partial charge in [-0.3, -0.25) is 5.32 Å². The first-order valence-corrected chi connectivity index (χ1v) is 8.52. The van der Waals surface area contributed by atoms with Crippen LogP contribution in [0, 0.1) is 6.92 Å². The van der Waals surface area contributed by atoms with Crippen LogP contribution in [-0.2, 0) is 4.74 Å². The van der Waals surface area contributed by atoms with E-state index in [2.05, 4.69) is 15.4 Å². The van der Waals surface area contributed by atoms with E-state index in [1.807, 2.05) is 37.3 Å². The molecule has 1 aromatic carbocycles. The molecular formula is C19H21N5O3. The van der Waals surface area contributed by atoms with E-state index >= 15 is 0 Å². The SMILES string of the molecule is CCOC(=O)c1cnn(-c2cc(C)c3ccccc3n2)c1NC(=O)N(C)C. The summed E-state index contributed by atoms with van der Waals surface area (Å²) in [4.78, 5) is 30.5. The quantitative estimate of drug-likeness (QED) is 0.716. The fraction of sp³-hybridized carbons (Fsp3) is 0.263. The number of nitrogens with one attached hydrogen (secondary N) is 1. The summed E-state index contributed by atoms with van der Waals surface area (Å²) in [6, 6.07) is 9.21. The van der Waals surface area contributed by atoms with Gasteiger partial charge in [0.15, 0.2) is 11.6 Å². The van der Waals surface area contributed by atoms with E-state index in [1.54, 1.807) is 21.0 Å². The predicted molar refractivity (Wildman–Crippen MR) is 102 cm³/mol. The van der Waals surface area contributed by atoms with Crippen LogP contribution in [-0.4, -0.2) is 52.4 Å². The van der Waals surface area contributed by atoms with Crippen molar-refractivity contribution < 1.29 is 14.3 Å². The second-order valence-electron chi connectivity index (χ2n) is 6.18. The van der Waals surface area contributed by atoms with Gasteiger partial charge in [0.05, 0.1) is 18.3 Å². The van der Waals surface area contributed by atoms with Gasteiger partial charge in [-0.2, -0.15) is 9.78 Å². The molecule has 3 aromatic rings. The summed E-state index contributed by atoms with van der Waals surface area (Å²) in [6.45, 7) is 3.91. The number of benzene rings is 1. The van der Waals surface area contributed by atoms with Gasteiger partial charge in [-0.1, -0.05) is 18.2 Å². The Labute approximate surface area is 156 Å². The number of urea groups is 1. The number of aromatic nitrogens is 3. The molecule has 2 heterocycles. The molecule has 0 aliphatic heterocycles. The standard InChI is InChI=1S/C19H21N5O3/c1-5-27-18(25)14-11-20-24(17(14)22-19(26)23(3)4)16-10-12(2)13-8-6-7-9-15(13)21-16/h6-11H,5H2,1-4H3,(H,22,26). The second kappa shape index (κ2) is 7.45. The number of carbonyl (C=O) groups is 2. The smallest absolute Gasteiger partial charge is 0.343 e. The molecule has 0 spiro atoms. The number of aryl methyl sites for hydroxylation is 1. The monoisotopic (exact) mass is 367 g/mol. The lowest BCUT2D eigenvalue weighted by molar-refractivity contribution is 0.0527. The summed E-state index contributed by atoms with van der Waals surface area (Å²) in [6.07, 6.45) is 1.37. The van der Waals surface area contributed by atoms with Gasteiger partial charge in [0.25, 0.3) is 0 Å². The Bertz CT molecular complexity index is 1010. The summed E-state index contributed by atoms with van der Waals surface area (Å²) in [5.74, 6) is 0.153. The largest absolute Gasteiger partial charge is 0.462 e. The topological polar surface area (TPSA) is 89.3 Å². The molecule has 140 valence electrons. The summed E-state index contributed by atoms with van der Waals surface area (Å²) in [5.41, 5.74) is 1.97. The van der Waals surface area contributed by atoms with Gasteiger partial charge in [0, 0.05) is 19.5 Å². The molecular weight excluding hydrogens is 346 g/mol. The van der Waals surface area contributed by atoms with Crippen LogP contribution in [0.5, 0.6) is 0 Å². The summed E-state index contributed by atoms with van der Waals surface area (Å²) in [7, 11) is 3.22. The molecule has 0 saturated heterocycles. The lowest BCUT2D eigenvalue weighted by Crippen LogP contribution is -2.29. The maximum absolute atomic E-state index is 12.3. The number of hydrogen-bond acceptors (Lipinski definition) is 5. The minimum Gasteiger partial charge on any atom is -0.462 e. The third-order valence-corrected chi connectivity index (χ3v) is 4.02. The molecule has 0 unspecified atom stereocenters. The van der Waals surface area contributed by atoms with Crippen LogP contribution in [0.1, 0.15) is 22.8 Å². The van der Waals surface area contributed by atoms with Crippen LogP contribution in [0.15, 0.2) is 36.5 Å². The number of rotatable bonds is 4. The van der Waals surface area contributed by atoms with Crippen LogP contribution in [0.4, 0.5) is 10.6 Å². The molecule has 0 bridgehead atoms.